The van der Waals surface area contributed by atoms with Crippen LogP contribution in [0.3, 0.4) is 0 Å². The van der Waals surface area contributed by atoms with Gasteiger partial charge in [-0.25, -0.2) is 0 Å². The number of hydrogen-bond acceptors (Lipinski definition) is 5. The molecule has 3 rings (SSSR count). The largest absolute Gasteiger partial charge is 0.493 e. The lowest BCUT2D eigenvalue weighted by Gasteiger charge is -2.09. The van der Waals surface area contributed by atoms with Crippen LogP contribution in [0.15, 0.2) is 42.6 Å². The summed E-state index contributed by atoms with van der Waals surface area (Å²) in [4.78, 5) is 27.4. The van der Waals surface area contributed by atoms with Crippen molar-refractivity contribution in [1.29, 1.82) is 1.17 Å². The summed E-state index contributed by atoms with van der Waals surface area (Å²) in [5.41, 5.74) is 3.01. The van der Waals surface area contributed by atoms with E-state index < -0.39 is 16.4 Å². The van der Waals surface area contributed by atoms with Crippen LogP contribution in [0, 0.1) is 0 Å². The van der Waals surface area contributed by atoms with Gasteiger partial charge >= 0.3 is 0 Å². The summed E-state index contributed by atoms with van der Waals surface area (Å²) in [5.74, 6) is 0.159. The fourth-order valence-electron chi connectivity index (χ4n) is 2.44. The predicted octanol–water partition coefficient (Wildman–Crippen LogP) is 3.58. The number of thioether (sulfide) groups is 1. The molecule has 0 radical (unpaired) electrons. The molecular weight excluding hydrogens is 372 g/mol. The minimum Gasteiger partial charge on any atom is -0.493 e. The van der Waals surface area contributed by atoms with E-state index in [1.54, 1.807) is 0 Å². The van der Waals surface area contributed by atoms with Gasteiger partial charge in [-0.15, -0.1) is 12.3 Å². The Bertz CT molecular complexity index is 806. The first kappa shape index (κ1) is 17.4. The van der Waals surface area contributed by atoms with Gasteiger partial charge in [-0.05, 0) is 42.2 Å². The number of hydrogen-bond donors (Lipinski definition) is 1. The van der Waals surface area contributed by atoms with E-state index in [9.17, 15) is 9.59 Å². The number of amides is 2. The lowest BCUT2D eigenvalue weighted by Crippen LogP contribution is -2.25. The number of benzene rings is 1. The fraction of sp³-hybridized carbons (Fsp3) is 0.316. The summed E-state index contributed by atoms with van der Waals surface area (Å²) in [6, 6.07) is 11.4. The summed E-state index contributed by atoms with van der Waals surface area (Å²) in [5, 5.41) is 0.199. The second kappa shape index (κ2) is 9.59. The summed E-state index contributed by atoms with van der Waals surface area (Å²) in [7, 11) is 0. The smallest absolute Gasteiger partial charge is 0.286 e. The maximum absolute atomic E-state index is 11.7. The highest BCUT2D eigenvalue weighted by Crippen LogP contribution is 2.23. The van der Waals surface area contributed by atoms with Crippen LogP contribution < -0.4 is 10.1 Å². The van der Waals surface area contributed by atoms with E-state index in [1.165, 1.54) is 5.56 Å². The fourth-order valence-corrected chi connectivity index (χ4v) is 3.19. The zero-order valence-electron chi connectivity index (χ0n) is 16.3. The van der Waals surface area contributed by atoms with Crippen molar-refractivity contribution < 1.29 is 15.7 Å². The minimum absolute atomic E-state index is 0.170. The van der Waals surface area contributed by atoms with E-state index in [0.717, 1.165) is 41.6 Å². The lowest BCUT2D eigenvalue weighted by molar-refractivity contribution is -0.118. The highest BCUT2D eigenvalue weighted by molar-refractivity contribution is 8.15. The quantitative estimate of drug-likeness (QED) is 0.777. The van der Waals surface area contributed by atoms with Crippen molar-refractivity contribution >= 4 is 35.2 Å². The first-order chi connectivity index (χ1) is 13.5. The number of nitrogens with zero attached hydrogens (tertiary/aromatic N) is 1. The highest BCUT2D eigenvalue weighted by Gasteiger charge is 2.31. The van der Waals surface area contributed by atoms with Crippen LogP contribution in [0.1, 0.15) is 25.1 Å². The number of pyridine rings is 1. The monoisotopic (exact) mass is 394 g/mol. The van der Waals surface area contributed by atoms with Crippen molar-refractivity contribution in [2.45, 2.75) is 31.4 Å². The molecule has 1 fully saturated rings. The van der Waals surface area contributed by atoms with Gasteiger partial charge in [0.2, 0.25) is 5.91 Å². The number of carbonyl (C=O) groups is 2. The van der Waals surface area contributed by atoms with Gasteiger partial charge in [0.15, 0.2) is 0 Å². The third-order valence-corrected chi connectivity index (χ3v) is 4.76. The number of halogens is 1. The molecule has 1 aliphatic rings. The molecule has 2 heterocycles. The Morgan fingerprint density at radius 2 is 1.96 bits per heavy atom. The topological polar surface area (TPSA) is 68.3 Å². The summed E-state index contributed by atoms with van der Waals surface area (Å²) >= 11 is 4.61. The molecule has 1 aliphatic heterocycles. The molecule has 0 aliphatic carbocycles. The molecule has 2 amide bonds. The van der Waals surface area contributed by atoms with Crippen molar-refractivity contribution in [3.8, 4) is 5.75 Å². The van der Waals surface area contributed by atoms with Gasteiger partial charge in [0.05, 0.1) is 13.2 Å². The number of aryl methyl sites for hydroxylation is 1. The van der Waals surface area contributed by atoms with E-state index in [4.69, 9.17) is 7.28 Å². The molecule has 7 heteroatoms. The van der Waals surface area contributed by atoms with Crippen LogP contribution in [-0.4, -0.2) is 29.1 Å². The molecule has 26 heavy (non-hydrogen) atoms. The molecule has 0 saturated carbocycles. The summed E-state index contributed by atoms with van der Waals surface area (Å²) in [6.07, 6.45) is 3.76. The van der Waals surface area contributed by atoms with Crippen molar-refractivity contribution in [3.63, 3.8) is 0 Å². The molecule has 0 unspecified atom stereocenters. The SMILES string of the molecule is [2H]Cl.[2H][C@]1(Cc2ccc(OCCc3ccc(CC)cn3)cc2)SC(=O)NC1=O. The van der Waals surface area contributed by atoms with E-state index in [2.05, 4.69) is 35.6 Å². The zero-order valence-corrected chi connectivity index (χ0v) is 15.9. The van der Waals surface area contributed by atoms with Gasteiger partial charge in [0.25, 0.3) is 5.24 Å². The maximum Gasteiger partial charge on any atom is 0.286 e. The zero-order chi connectivity index (χ0) is 20.6. The minimum atomic E-state index is -1.49. The molecule has 1 atom stereocenters. The van der Waals surface area contributed by atoms with Gasteiger partial charge in [-0.3, -0.25) is 19.9 Å². The first-order valence-electron chi connectivity index (χ1n) is 9.06. The third kappa shape index (κ3) is 5.47. The number of ether oxygens (including phenoxy) is 1. The van der Waals surface area contributed by atoms with Crippen LogP contribution in [0.2, 0.25) is 0 Å². The Morgan fingerprint density at radius 3 is 2.54 bits per heavy atom. The van der Waals surface area contributed by atoms with Gasteiger partial charge in [0.1, 0.15) is 6.92 Å². The number of rotatable bonds is 7. The van der Waals surface area contributed by atoms with Crippen LogP contribution in [0.5, 0.6) is 5.75 Å². The van der Waals surface area contributed by atoms with Crippen molar-refractivity contribution in [2.24, 2.45) is 0 Å². The number of aromatic nitrogens is 1. The summed E-state index contributed by atoms with van der Waals surface area (Å²) < 4.78 is 19.1. The Morgan fingerprint density at radius 1 is 1.23 bits per heavy atom. The molecule has 5 nitrogen and oxygen atoms in total. The van der Waals surface area contributed by atoms with E-state index >= 15 is 0 Å². The summed E-state index contributed by atoms with van der Waals surface area (Å²) in [6.45, 7) is 2.62. The maximum atomic E-state index is 11.7. The van der Waals surface area contributed by atoms with Crippen LogP contribution in [0.25, 0.3) is 0 Å². The molecule has 0 bridgehead atoms. The van der Waals surface area contributed by atoms with Crippen LogP contribution >= 0.6 is 24.1 Å². The Hall–Kier alpha value is -2.05. The van der Waals surface area contributed by atoms with Gasteiger partial charge in [0, 0.05) is 18.3 Å². The van der Waals surface area contributed by atoms with Crippen LogP contribution in [0.4, 0.5) is 4.79 Å². The molecule has 1 N–H and O–H groups in total. The standard InChI is InChI=1S/C19H20N2O3S.ClH/c1-2-13-3-6-15(20-12-13)9-10-24-16-7-4-14(5-8-16)11-17-18(22)21-19(23)25-17;/h3-8,12,17H,2,9-11H2,1H3,(H,21,22,23);1H/t17-;/m1./s1/i17D;/hD. The normalized spacial score (nSPS) is 19.8. The van der Waals surface area contributed by atoms with Gasteiger partial charge in [-0.1, -0.05) is 36.9 Å². The average Bonchev–Trinajstić information content (AvgIpc) is 2.96. The Balaban J connectivity index is 0.00000136. The van der Waals surface area contributed by atoms with Gasteiger partial charge < -0.3 is 4.74 Å². The van der Waals surface area contributed by atoms with Gasteiger partial charge in [-0.2, -0.15) is 0 Å². The predicted molar refractivity (Wildman–Crippen MR) is 105 cm³/mol. The number of nitrogens with one attached hydrogen (secondary N) is 1. The molecule has 138 valence electrons. The Labute approximate surface area is 165 Å². The number of imide groups is 1. The lowest BCUT2D eigenvalue weighted by atomic mass is 10.1. The molecule has 1 saturated heterocycles. The van der Waals surface area contributed by atoms with Crippen molar-refractivity contribution in [2.75, 3.05) is 6.61 Å². The molecule has 2 aromatic rings. The number of carbonyl (C=O) groups excluding carboxylic acids is 2. The van der Waals surface area contributed by atoms with E-state index in [1.807, 2.05) is 36.5 Å². The third-order valence-electron chi connectivity index (χ3n) is 3.89. The van der Waals surface area contributed by atoms with Crippen LogP contribution in [-0.2, 0) is 24.1 Å². The molecule has 0 spiro atoms. The Kier molecular flexibility index (Phi) is 6.41. The molecule has 1 aromatic carbocycles. The second-order valence-corrected chi connectivity index (χ2v) is 6.77. The highest BCUT2D eigenvalue weighted by atomic mass is 35.5. The average molecular weight is 395 g/mol. The first-order valence-corrected chi connectivity index (χ1v) is 9.00. The van der Waals surface area contributed by atoms with E-state index in [-0.39, 0.29) is 6.42 Å². The van der Waals surface area contributed by atoms with Crippen molar-refractivity contribution in [3.05, 3.63) is 59.4 Å². The molecular formula is C19H21ClN2O3S. The second-order valence-electron chi connectivity index (χ2n) is 5.70. The van der Waals surface area contributed by atoms with E-state index in [0.29, 0.717) is 6.61 Å². The van der Waals surface area contributed by atoms with Crippen molar-refractivity contribution in [1.82, 2.24) is 10.3 Å². The molecule has 1 aromatic heterocycles.